The van der Waals surface area contributed by atoms with Gasteiger partial charge in [0.15, 0.2) is 0 Å². The molecule has 1 amide bonds. The number of nitrogens with one attached hydrogen (secondary N) is 1. The summed E-state index contributed by atoms with van der Waals surface area (Å²) in [6.45, 7) is 4.41. The Bertz CT molecular complexity index is 1220. The predicted molar refractivity (Wildman–Crippen MR) is 113 cm³/mol. The van der Waals surface area contributed by atoms with Crippen LogP contribution >= 0.6 is 0 Å². The van der Waals surface area contributed by atoms with Crippen LogP contribution in [0.4, 0.5) is 0 Å². The maximum Gasteiger partial charge on any atom is 0.281 e. The number of fused-ring (bicyclic) bond motifs is 1. The number of hydrogen-bond donors (Lipinski definition) is 1. The third-order valence-corrected chi connectivity index (χ3v) is 5.17. The number of aryl methyl sites for hydroxylation is 2. The molecule has 1 N–H and O–H groups in total. The molecule has 0 aliphatic rings. The number of para-hydroxylation sites is 1. The van der Waals surface area contributed by atoms with Crippen LogP contribution in [-0.4, -0.2) is 20.3 Å². The highest BCUT2D eigenvalue weighted by atomic mass is 16.2. The Morgan fingerprint density at radius 1 is 0.966 bits per heavy atom. The van der Waals surface area contributed by atoms with Crippen molar-refractivity contribution in [3.63, 3.8) is 0 Å². The second-order valence-electron chi connectivity index (χ2n) is 7.01. The Morgan fingerprint density at radius 2 is 1.62 bits per heavy atom. The molecule has 2 aromatic heterocycles. The van der Waals surface area contributed by atoms with E-state index in [0.717, 1.165) is 22.3 Å². The average Bonchev–Trinajstić information content (AvgIpc) is 2.99. The van der Waals surface area contributed by atoms with Gasteiger partial charge in [0.2, 0.25) is 5.91 Å². The zero-order valence-corrected chi connectivity index (χ0v) is 16.4. The minimum absolute atomic E-state index is 0.100. The van der Waals surface area contributed by atoms with Crippen LogP contribution in [-0.2, 0) is 17.9 Å². The van der Waals surface area contributed by atoms with E-state index in [0.29, 0.717) is 17.6 Å². The number of amides is 1. The lowest BCUT2D eigenvalue weighted by molar-refractivity contribution is -0.121. The summed E-state index contributed by atoms with van der Waals surface area (Å²) < 4.78 is 3.28. The highest BCUT2D eigenvalue weighted by Crippen LogP contribution is 2.22. The van der Waals surface area contributed by atoms with Gasteiger partial charge in [-0.1, -0.05) is 48.5 Å². The molecule has 0 radical (unpaired) electrons. The van der Waals surface area contributed by atoms with Crippen LogP contribution < -0.4 is 10.9 Å². The molecular formula is C23H22N4O2. The van der Waals surface area contributed by atoms with Crippen molar-refractivity contribution in [1.82, 2.24) is 19.7 Å². The largest absolute Gasteiger partial charge is 0.350 e. The van der Waals surface area contributed by atoms with Gasteiger partial charge in [-0.05, 0) is 31.5 Å². The molecule has 146 valence electrons. The Morgan fingerprint density at radius 3 is 2.31 bits per heavy atom. The van der Waals surface area contributed by atoms with Gasteiger partial charge in [-0.2, -0.15) is 9.78 Å². The topological polar surface area (TPSA) is 68.9 Å². The number of carbonyl (C=O) groups is 1. The predicted octanol–water partition coefficient (Wildman–Crippen LogP) is 3.12. The fraction of sp³-hybridized carbons (Fsp3) is 0.174. The molecular weight excluding hydrogens is 364 g/mol. The lowest BCUT2D eigenvalue weighted by atomic mass is 10.2. The van der Waals surface area contributed by atoms with Gasteiger partial charge < -0.3 is 9.88 Å². The van der Waals surface area contributed by atoms with Crippen molar-refractivity contribution in [2.75, 3.05) is 0 Å². The molecule has 29 heavy (non-hydrogen) atoms. The van der Waals surface area contributed by atoms with E-state index in [1.807, 2.05) is 79.1 Å². The van der Waals surface area contributed by atoms with E-state index in [1.54, 1.807) is 6.20 Å². The smallest absolute Gasteiger partial charge is 0.281 e. The Hall–Kier alpha value is -3.67. The Kier molecular flexibility index (Phi) is 4.99. The zero-order valence-electron chi connectivity index (χ0n) is 16.4. The van der Waals surface area contributed by atoms with E-state index < -0.39 is 0 Å². The minimum Gasteiger partial charge on any atom is -0.350 e. The van der Waals surface area contributed by atoms with Crippen LogP contribution in [0.15, 0.2) is 71.7 Å². The highest BCUT2D eigenvalue weighted by Gasteiger charge is 2.18. The van der Waals surface area contributed by atoms with Gasteiger partial charge in [-0.25, -0.2) is 0 Å². The summed E-state index contributed by atoms with van der Waals surface area (Å²) in [5.41, 5.74) is 3.20. The van der Waals surface area contributed by atoms with Crippen molar-refractivity contribution < 1.29 is 4.79 Å². The quantitative estimate of drug-likeness (QED) is 0.573. The first-order valence-electron chi connectivity index (χ1n) is 9.50. The first-order valence-corrected chi connectivity index (χ1v) is 9.50. The van der Waals surface area contributed by atoms with E-state index in [9.17, 15) is 9.59 Å². The maximum atomic E-state index is 13.1. The van der Waals surface area contributed by atoms with Crippen molar-refractivity contribution >= 4 is 16.7 Å². The average molecular weight is 386 g/mol. The summed E-state index contributed by atoms with van der Waals surface area (Å²) in [4.78, 5) is 25.6. The third-order valence-electron chi connectivity index (χ3n) is 5.17. The minimum atomic E-state index is -0.183. The van der Waals surface area contributed by atoms with Crippen LogP contribution in [0.25, 0.3) is 16.5 Å². The fourth-order valence-electron chi connectivity index (χ4n) is 3.60. The van der Waals surface area contributed by atoms with Gasteiger partial charge >= 0.3 is 0 Å². The molecule has 6 nitrogen and oxygen atoms in total. The van der Waals surface area contributed by atoms with Crippen molar-refractivity contribution in [3.8, 4) is 5.69 Å². The van der Waals surface area contributed by atoms with Gasteiger partial charge in [0.1, 0.15) is 6.54 Å². The van der Waals surface area contributed by atoms with Crippen molar-refractivity contribution in [1.29, 1.82) is 0 Å². The summed E-state index contributed by atoms with van der Waals surface area (Å²) in [7, 11) is 0. The van der Waals surface area contributed by atoms with E-state index in [1.165, 1.54) is 4.68 Å². The number of benzene rings is 2. The molecule has 0 unspecified atom stereocenters. The van der Waals surface area contributed by atoms with Gasteiger partial charge in [0, 0.05) is 23.3 Å². The molecule has 0 aliphatic heterocycles. The lowest BCUT2D eigenvalue weighted by Gasteiger charge is -2.10. The molecule has 2 aromatic carbocycles. The SMILES string of the molecule is Cc1c2cnn(-c3ccccc3)c(=O)c2c(C)n1CC(=O)NCc1ccccc1. The zero-order chi connectivity index (χ0) is 20.4. The summed E-state index contributed by atoms with van der Waals surface area (Å²) in [5.74, 6) is -0.100. The monoisotopic (exact) mass is 386 g/mol. The number of hydrogen-bond acceptors (Lipinski definition) is 3. The van der Waals surface area contributed by atoms with Gasteiger partial charge in [-0.3, -0.25) is 9.59 Å². The molecule has 0 fully saturated rings. The van der Waals surface area contributed by atoms with Crippen LogP contribution in [0, 0.1) is 13.8 Å². The van der Waals surface area contributed by atoms with E-state index in [2.05, 4.69) is 10.4 Å². The van der Waals surface area contributed by atoms with Crippen LogP contribution in [0.1, 0.15) is 17.0 Å². The van der Waals surface area contributed by atoms with Crippen molar-refractivity contribution in [2.45, 2.75) is 26.9 Å². The summed E-state index contributed by atoms with van der Waals surface area (Å²) in [5, 5.41) is 8.65. The first-order chi connectivity index (χ1) is 14.1. The Balaban J connectivity index is 1.64. The summed E-state index contributed by atoms with van der Waals surface area (Å²) >= 11 is 0. The molecule has 4 rings (SSSR count). The molecule has 0 spiro atoms. The molecule has 0 bridgehead atoms. The van der Waals surface area contributed by atoms with Gasteiger partial charge in [0.05, 0.1) is 17.3 Å². The fourth-order valence-corrected chi connectivity index (χ4v) is 3.60. The van der Waals surface area contributed by atoms with E-state index in [-0.39, 0.29) is 18.0 Å². The standard InChI is InChI=1S/C23H22N4O2/c1-16-20-14-25-27(19-11-7-4-8-12-19)23(29)22(20)17(2)26(16)15-21(28)24-13-18-9-5-3-6-10-18/h3-12,14H,13,15H2,1-2H3,(H,24,28). The number of carbonyl (C=O) groups excluding carboxylic acids is 1. The van der Waals surface area contributed by atoms with E-state index >= 15 is 0 Å². The second kappa shape index (κ2) is 7.75. The number of nitrogens with zero attached hydrogens (tertiary/aromatic N) is 3. The Labute approximate surface area is 168 Å². The van der Waals surface area contributed by atoms with Crippen LogP contribution in [0.3, 0.4) is 0 Å². The number of rotatable bonds is 5. The molecule has 4 aromatic rings. The normalized spacial score (nSPS) is 11.0. The van der Waals surface area contributed by atoms with Gasteiger partial charge in [-0.15, -0.1) is 0 Å². The highest BCUT2D eigenvalue weighted by molar-refractivity contribution is 5.88. The van der Waals surface area contributed by atoms with Gasteiger partial charge in [0.25, 0.3) is 5.56 Å². The molecule has 0 saturated carbocycles. The third kappa shape index (κ3) is 3.57. The van der Waals surface area contributed by atoms with Crippen LogP contribution in [0.2, 0.25) is 0 Å². The van der Waals surface area contributed by atoms with Crippen molar-refractivity contribution in [3.05, 3.63) is 94.2 Å². The van der Waals surface area contributed by atoms with Crippen LogP contribution in [0.5, 0.6) is 0 Å². The summed E-state index contributed by atoms with van der Waals surface area (Å²) in [6.07, 6.45) is 1.70. The second-order valence-corrected chi connectivity index (χ2v) is 7.01. The number of aromatic nitrogens is 3. The molecule has 2 heterocycles. The summed E-state index contributed by atoms with van der Waals surface area (Å²) in [6, 6.07) is 19.1. The van der Waals surface area contributed by atoms with E-state index in [4.69, 9.17) is 0 Å². The van der Waals surface area contributed by atoms with Crippen molar-refractivity contribution in [2.24, 2.45) is 0 Å². The molecule has 6 heteroatoms. The molecule has 0 atom stereocenters. The first kappa shape index (κ1) is 18.7. The maximum absolute atomic E-state index is 13.1. The lowest BCUT2D eigenvalue weighted by Crippen LogP contribution is -2.28. The molecule has 0 saturated heterocycles. The molecule has 0 aliphatic carbocycles.